The van der Waals surface area contributed by atoms with E-state index in [4.69, 9.17) is 15.0 Å². The fourth-order valence-corrected chi connectivity index (χ4v) is 4.18. The number of carbonyl (C=O) groups is 1. The van der Waals surface area contributed by atoms with Crippen molar-refractivity contribution in [1.29, 1.82) is 0 Å². The summed E-state index contributed by atoms with van der Waals surface area (Å²) in [4.78, 5) is 12.1. The van der Waals surface area contributed by atoms with E-state index in [2.05, 4.69) is 24.3 Å². The van der Waals surface area contributed by atoms with E-state index in [0.717, 1.165) is 4.90 Å². The molecule has 3 rings (SSSR count). The Balaban J connectivity index is 0.000000471. The average Bonchev–Trinajstić information content (AvgIpc) is 2.58. The highest BCUT2D eigenvalue weighted by atomic mass is 32.2. The summed E-state index contributed by atoms with van der Waals surface area (Å²) >= 11 is 0. The summed E-state index contributed by atoms with van der Waals surface area (Å²) in [5.41, 5.74) is 0. The van der Waals surface area contributed by atoms with E-state index in [9.17, 15) is 4.39 Å². The lowest BCUT2D eigenvalue weighted by Crippen LogP contribution is -2.17. The first-order chi connectivity index (χ1) is 11.6. The van der Waals surface area contributed by atoms with E-state index >= 15 is 0 Å². The lowest BCUT2D eigenvalue weighted by atomic mass is 10.3. The van der Waals surface area contributed by atoms with Crippen molar-refractivity contribution >= 4 is 17.1 Å². The van der Waals surface area contributed by atoms with Crippen LogP contribution in [-0.4, -0.2) is 11.3 Å². The van der Waals surface area contributed by atoms with Crippen molar-refractivity contribution in [3.05, 3.63) is 90.7 Å². The highest BCUT2D eigenvalue weighted by molar-refractivity contribution is 7.97. The molecule has 0 saturated heterocycles. The molecule has 122 valence electrons. The van der Waals surface area contributed by atoms with Crippen LogP contribution in [0.15, 0.2) is 99.6 Å². The predicted molar refractivity (Wildman–Crippen MR) is 89.5 cm³/mol. The minimum atomic E-state index is -2.08. The van der Waals surface area contributed by atoms with Gasteiger partial charge >= 0.3 is 0 Å². The van der Waals surface area contributed by atoms with Crippen LogP contribution in [0.1, 0.15) is 0 Å². The molecule has 0 aromatic heterocycles. The average molecular weight is 342 g/mol. The summed E-state index contributed by atoms with van der Waals surface area (Å²) in [5.74, 6) is -0.196. The predicted octanol–water partition coefficient (Wildman–Crippen LogP) is 3.81. The van der Waals surface area contributed by atoms with Crippen LogP contribution in [0.3, 0.4) is 0 Å². The topological polar surface area (TPSA) is 60.4 Å². The molecule has 24 heavy (non-hydrogen) atoms. The molecule has 0 spiro atoms. The molecule has 0 aliphatic rings. The first-order valence-electron chi connectivity index (χ1n) is 7.08. The Bertz CT molecular complexity index is 718. The van der Waals surface area contributed by atoms with Crippen LogP contribution in [0, 0.1) is 5.82 Å². The number of rotatable bonds is 3. The van der Waals surface area contributed by atoms with Crippen LogP contribution in [0.5, 0.6) is 0 Å². The lowest BCUT2D eigenvalue weighted by Gasteiger charge is -2.07. The zero-order valence-electron chi connectivity index (χ0n) is 12.6. The normalized spacial score (nSPS) is 9.92. The summed E-state index contributed by atoms with van der Waals surface area (Å²) in [6.45, 7) is 0. The van der Waals surface area contributed by atoms with E-state index < -0.39 is 6.16 Å². The Kier molecular flexibility index (Phi) is 6.40. The van der Waals surface area contributed by atoms with Gasteiger partial charge in [0, 0.05) is 0 Å². The van der Waals surface area contributed by atoms with E-state index in [1.165, 1.54) is 21.9 Å². The molecular weight excluding hydrogens is 327 g/mol. The summed E-state index contributed by atoms with van der Waals surface area (Å²) < 4.78 is 13.2. The van der Waals surface area contributed by atoms with Crippen LogP contribution < -0.4 is 5.11 Å². The second-order valence-corrected chi connectivity index (χ2v) is 6.68. The van der Waals surface area contributed by atoms with Gasteiger partial charge in [-0.25, -0.2) is 4.39 Å². The highest BCUT2D eigenvalue weighted by Crippen LogP contribution is 2.30. The molecule has 0 saturated carbocycles. The third-order valence-electron chi connectivity index (χ3n) is 3.01. The van der Waals surface area contributed by atoms with Gasteiger partial charge in [0.2, 0.25) is 6.16 Å². The van der Waals surface area contributed by atoms with Crippen molar-refractivity contribution in [2.24, 2.45) is 0 Å². The first kappa shape index (κ1) is 17.6. The second-order valence-electron chi connectivity index (χ2n) is 4.65. The maximum Gasteiger partial charge on any atom is 0.249 e. The zero-order valence-corrected chi connectivity index (χ0v) is 13.4. The first-order valence-corrected chi connectivity index (χ1v) is 8.30. The molecule has 0 unspecified atom stereocenters. The molecule has 3 aromatic carbocycles. The fraction of sp³-hybridized carbons (Fsp3) is 0. The number of hydrogen-bond donors (Lipinski definition) is 1. The third kappa shape index (κ3) is 5.14. The molecule has 0 fully saturated rings. The number of carboxylic acid groups (broad SMARTS) is 2. The second kappa shape index (κ2) is 8.74. The smallest absolute Gasteiger partial charge is 0.249 e. The minimum absolute atomic E-state index is 0.190. The van der Waals surface area contributed by atoms with Crippen LogP contribution in [0.2, 0.25) is 0 Å². The van der Waals surface area contributed by atoms with Gasteiger partial charge in [-0.3, -0.25) is 0 Å². The maximum absolute atomic E-state index is 13.2. The Morgan fingerprint density at radius 3 is 1.46 bits per heavy atom. The Morgan fingerprint density at radius 1 is 0.750 bits per heavy atom. The Hall–Kier alpha value is -2.79. The molecule has 5 heteroatoms. The van der Waals surface area contributed by atoms with Gasteiger partial charge in [0.1, 0.15) is 5.82 Å². The molecule has 3 nitrogen and oxygen atoms in total. The fourth-order valence-electron chi connectivity index (χ4n) is 2.09. The van der Waals surface area contributed by atoms with Gasteiger partial charge in [-0.15, -0.1) is 0 Å². The summed E-state index contributed by atoms with van der Waals surface area (Å²) in [6.07, 6.45) is -2.08. The molecule has 0 aliphatic heterocycles. The largest absolute Gasteiger partial charge is 0.565 e. The van der Waals surface area contributed by atoms with Crippen LogP contribution >= 0.6 is 0 Å². The molecule has 0 atom stereocenters. The standard InChI is InChI=1S/C18H14FS.CH2O3/c19-15-11-13-18(14-12-15)20(16-7-3-1-4-8-16)17-9-5-2-6-10-17;2-1(3)4/h1-14H;(H2,2,3,4)/q+1;/p-1. The van der Waals surface area contributed by atoms with E-state index in [-0.39, 0.29) is 16.7 Å². The quantitative estimate of drug-likeness (QED) is 0.736. The van der Waals surface area contributed by atoms with Crippen molar-refractivity contribution < 1.29 is 19.4 Å². The molecule has 0 heterocycles. The zero-order chi connectivity index (χ0) is 17.4. The number of halogens is 1. The van der Waals surface area contributed by atoms with Gasteiger partial charge in [-0.2, -0.15) is 0 Å². The van der Waals surface area contributed by atoms with E-state index in [1.807, 2.05) is 48.5 Å². The Labute approximate surface area is 142 Å². The van der Waals surface area contributed by atoms with Crippen molar-refractivity contribution in [3.8, 4) is 0 Å². The van der Waals surface area contributed by atoms with Crippen molar-refractivity contribution in [2.45, 2.75) is 14.7 Å². The highest BCUT2D eigenvalue weighted by Gasteiger charge is 2.27. The van der Waals surface area contributed by atoms with Crippen LogP contribution in [0.4, 0.5) is 9.18 Å². The molecule has 1 N–H and O–H groups in total. The lowest BCUT2D eigenvalue weighted by molar-refractivity contribution is -0.275. The molecule has 0 amide bonds. The molecular formula is C19H15FO3S. The minimum Gasteiger partial charge on any atom is -0.565 e. The molecule has 0 radical (unpaired) electrons. The van der Waals surface area contributed by atoms with Gasteiger partial charge in [0.05, 0.1) is 10.9 Å². The van der Waals surface area contributed by atoms with Crippen LogP contribution in [0.25, 0.3) is 0 Å². The van der Waals surface area contributed by atoms with Gasteiger partial charge in [0.15, 0.2) is 14.7 Å². The molecule has 0 bridgehead atoms. The van der Waals surface area contributed by atoms with Crippen molar-refractivity contribution in [2.75, 3.05) is 0 Å². The number of hydrogen-bond acceptors (Lipinski definition) is 2. The molecule has 3 aromatic rings. The monoisotopic (exact) mass is 342 g/mol. The van der Waals surface area contributed by atoms with Gasteiger partial charge in [0.25, 0.3) is 0 Å². The van der Waals surface area contributed by atoms with Gasteiger partial charge < -0.3 is 15.0 Å². The van der Waals surface area contributed by atoms with Gasteiger partial charge in [-0.1, -0.05) is 36.4 Å². The maximum atomic E-state index is 13.2. The van der Waals surface area contributed by atoms with Crippen LogP contribution in [-0.2, 0) is 10.9 Å². The van der Waals surface area contributed by atoms with Crippen molar-refractivity contribution in [1.82, 2.24) is 0 Å². The molecule has 0 aliphatic carbocycles. The van der Waals surface area contributed by atoms with Gasteiger partial charge in [-0.05, 0) is 48.5 Å². The van der Waals surface area contributed by atoms with E-state index in [1.54, 1.807) is 0 Å². The summed E-state index contributed by atoms with van der Waals surface area (Å²) in [5, 5.41) is 15.3. The Morgan fingerprint density at radius 2 is 1.08 bits per heavy atom. The summed E-state index contributed by atoms with van der Waals surface area (Å²) in [6, 6.07) is 27.5. The van der Waals surface area contributed by atoms with E-state index in [0.29, 0.717) is 0 Å². The summed E-state index contributed by atoms with van der Waals surface area (Å²) in [7, 11) is -0.190. The van der Waals surface area contributed by atoms with Crippen molar-refractivity contribution in [3.63, 3.8) is 0 Å². The SMILES string of the molecule is Fc1ccc([S+](c2ccccc2)c2ccccc2)cc1.O=C([O-])O. The number of benzene rings is 3. The third-order valence-corrected chi connectivity index (χ3v) is 5.24.